The van der Waals surface area contributed by atoms with Crippen LogP contribution < -0.4 is 74.0 Å². The Bertz CT molecular complexity index is 220. The molecule has 0 bridgehead atoms. The second-order valence-corrected chi connectivity index (χ2v) is 3.12. The van der Waals surface area contributed by atoms with Gasteiger partial charge < -0.3 is 87.4 Å². The minimum absolute atomic E-state index is 0. The molecule has 0 aromatic heterocycles. The molecule has 0 atom stereocenters. The van der Waals surface area contributed by atoms with E-state index in [1.807, 2.05) is 0 Å². The molecule has 29 heavy (non-hydrogen) atoms. The van der Waals surface area contributed by atoms with Crippen LogP contribution in [0.2, 0.25) is 0 Å². The summed E-state index contributed by atoms with van der Waals surface area (Å²) in [6, 6.07) is 0. The van der Waals surface area contributed by atoms with Crippen molar-refractivity contribution in [1.29, 1.82) is 0 Å². The van der Waals surface area contributed by atoms with Gasteiger partial charge in [-0.15, -0.1) is 0 Å². The summed E-state index contributed by atoms with van der Waals surface area (Å²) in [5.74, 6) is 0. The summed E-state index contributed by atoms with van der Waals surface area (Å²) in [6.07, 6.45) is 0. The van der Waals surface area contributed by atoms with E-state index in [2.05, 4.69) is 0 Å². The van der Waals surface area contributed by atoms with E-state index in [1.54, 1.807) is 0 Å². The van der Waals surface area contributed by atoms with Crippen LogP contribution in [0.3, 0.4) is 0 Å². The molecule has 0 aliphatic rings. The molecule has 0 aromatic carbocycles. The molecule has 0 N–H and O–H groups in total. The van der Waals surface area contributed by atoms with Gasteiger partial charge in [0.25, 0.3) is 0 Å². The van der Waals surface area contributed by atoms with Crippen LogP contribution in [-0.2, 0) is 13.4 Å². The maximum absolute atomic E-state index is 8.52. The first kappa shape index (κ1) is 69.8. The first-order chi connectivity index (χ1) is 10.4. The van der Waals surface area contributed by atoms with Gasteiger partial charge in [0.1, 0.15) is 0 Å². The molecule has 0 saturated heterocycles. The molecule has 0 saturated carbocycles. The zero-order chi connectivity index (χ0) is 21.5. The Morgan fingerprint density at radius 3 is 0.345 bits per heavy atom. The molecule has 18 nitrogen and oxygen atoms in total. The van der Waals surface area contributed by atoms with Gasteiger partial charge >= 0.3 is 86.8 Å². The van der Waals surface area contributed by atoms with E-state index in [4.69, 9.17) is 87.4 Å². The van der Waals surface area contributed by atoms with E-state index in [0.29, 0.717) is 0 Å². The first-order valence-corrected chi connectivity index (χ1v) is 7.63. The Morgan fingerprint density at radius 1 is 0.345 bits per heavy atom. The molecule has 0 spiro atoms. The summed E-state index contributed by atoms with van der Waals surface area (Å²) in [7, 11) is -19.6. The third-order valence-corrected chi connectivity index (χ3v) is 0. The van der Waals surface area contributed by atoms with Crippen LogP contribution >= 0.6 is 0 Å². The van der Waals surface area contributed by atoms with Crippen LogP contribution in [0.25, 0.3) is 0 Å². The predicted molar refractivity (Wildman–Crippen MR) is 65.4 cm³/mol. The van der Waals surface area contributed by atoms with Gasteiger partial charge in [-0.25, -0.2) is 0 Å². The maximum atomic E-state index is 8.52. The normalized spacial score (nSPS) is 5.28. The molecule has 0 radical (unpaired) electrons. The van der Waals surface area contributed by atoms with E-state index in [1.165, 1.54) is 0 Å². The van der Waals surface area contributed by atoms with Gasteiger partial charge in [-0.05, 0) is 0 Å². The van der Waals surface area contributed by atoms with Crippen molar-refractivity contribution in [3.05, 3.63) is 0 Å². The average molecular weight is 540 g/mol. The van der Waals surface area contributed by atoms with E-state index < -0.39 is 49.5 Å². The van der Waals surface area contributed by atoms with Crippen molar-refractivity contribution in [2.24, 2.45) is 0 Å². The average Bonchev–Trinajstić information content (AvgIpc) is 2.08. The molecule has 0 rings (SSSR count). The molecular formula is Al5B3O18Si3. The molecule has 0 aliphatic carbocycles. The van der Waals surface area contributed by atoms with Crippen LogP contribution in [0.5, 0.6) is 0 Å². The Kier molecular flexibility index (Phi) is 152. The quantitative estimate of drug-likeness (QED) is 0.257. The van der Waals surface area contributed by atoms with Gasteiger partial charge in [-0.2, -0.15) is 0 Å². The van der Waals surface area contributed by atoms with Crippen molar-refractivity contribution in [2.45, 2.75) is 0 Å². The number of hydrogen-bond donors (Lipinski definition) is 0. The summed E-state index contributed by atoms with van der Waals surface area (Å²) in [4.78, 5) is 51.1. The Balaban J connectivity index is -0.0000000144. The van der Waals surface area contributed by atoms with Crippen molar-refractivity contribution in [3.63, 3.8) is 0 Å². The van der Waals surface area contributed by atoms with Crippen molar-refractivity contribution in [2.75, 3.05) is 0 Å². The second-order valence-electron chi connectivity index (χ2n) is 1.62. The zero-order valence-corrected chi connectivity index (χ0v) is 22.2. The largest absolute Gasteiger partial charge is 3.00 e. The molecule has 0 fully saturated rings. The van der Waals surface area contributed by atoms with Gasteiger partial charge in [0, 0.05) is 27.5 Å². The number of hydrogen-bond acceptors (Lipinski definition) is 18. The maximum Gasteiger partial charge on any atom is 3.00 e. The van der Waals surface area contributed by atoms with Crippen LogP contribution in [0.15, 0.2) is 0 Å². The van der Waals surface area contributed by atoms with Gasteiger partial charge in [-0.1, -0.05) is 0 Å². The third-order valence-electron chi connectivity index (χ3n) is 0. The van der Waals surface area contributed by atoms with Crippen molar-refractivity contribution >= 4 is 136 Å². The van der Waals surface area contributed by atoms with Crippen molar-refractivity contribution in [1.82, 2.24) is 0 Å². The van der Waals surface area contributed by atoms with Crippen molar-refractivity contribution < 1.29 is 87.4 Å². The Morgan fingerprint density at radius 2 is 0.345 bits per heavy atom. The molecule has 0 aromatic rings. The topological polar surface area (TPSA) is 397 Å². The smallest absolute Gasteiger partial charge is 0.907 e. The van der Waals surface area contributed by atoms with E-state index in [-0.39, 0.29) is 86.8 Å². The molecule has 29 heteroatoms. The standard InChI is InChI=1S/5Al.3BO3.3O3Si/c;;;;;3*2-1(3)4;3*1-4(2)3/q5*+3;3*-3;3*-2. The van der Waals surface area contributed by atoms with E-state index in [9.17, 15) is 0 Å². The Labute approximate surface area is 222 Å². The molecule has 0 amide bonds. The van der Waals surface area contributed by atoms with Gasteiger partial charge in [0.2, 0.25) is 0 Å². The fraction of sp³-hybridized carbons (Fsp3) is 0. The predicted octanol–water partition coefficient (Wildman–Crippen LogP) is -22.4. The molecule has 144 valence electrons. The van der Waals surface area contributed by atoms with Gasteiger partial charge in [0.15, 0.2) is 0 Å². The van der Waals surface area contributed by atoms with Gasteiger partial charge in [-0.3, -0.25) is 22.0 Å². The second kappa shape index (κ2) is 63.0. The summed E-state index contributed by atoms with van der Waals surface area (Å²) in [5.41, 5.74) is 0. The van der Waals surface area contributed by atoms with Crippen LogP contribution in [-0.4, -0.2) is 136 Å². The zero-order valence-electron chi connectivity index (χ0n) is 13.5. The van der Waals surface area contributed by atoms with E-state index in [0.717, 1.165) is 0 Å². The van der Waals surface area contributed by atoms with Crippen LogP contribution in [0.1, 0.15) is 0 Å². The summed E-state index contributed by atoms with van der Waals surface area (Å²) < 4.78 is 25.6. The molecule has 0 unspecified atom stereocenters. The summed E-state index contributed by atoms with van der Waals surface area (Å²) >= 11 is 0. The molecular weight excluding hydrogens is 540 g/mol. The number of rotatable bonds is 0. The monoisotopic (exact) mass is 540 g/mol. The minimum Gasteiger partial charge on any atom is -0.907 e. The van der Waals surface area contributed by atoms with E-state index >= 15 is 0 Å². The van der Waals surface area contributed by atoms with Gasteiger partial charge in [0.05, 0.1) is 0 Å². The van der Waals surface area contributed by atoms with Crippen molar-refractivity contribution in [3.8, 4) is 0 Å². The van der Waals surface area contributed by atoms with Crippen LogP contribution in [0, 0.1) is 0 Å². The first-order valence-electron chi connectivity index (χ1n) is 3.96. The Hall–Kier alpha value is 1.35. The fourth-order valence-electron chi connectivity index (χ4n) is 0. The molecule has 0 heterocycles. The fourth-order valence-corrected chi connectivity index (χ4v) is 0. The third kappa shape index (κ3) is 12100. The summed E-state index contributed by atoms with van der Waals surface area (Å²) in [5, 5.41) is 75.8. The summed E-state index contributed by atoms with van der Waals surface area (Å²) in [6.45, 7) is 0. The molecule has 0 aliphatic heterocycles. The minimum atomic E-state index is -3.63. The van der Waals surface area contributed by atoms with Crippen LogP contribution in [0.4, 0.5) is 0 Å². The SMILES string of the molecule is O=[Si]([O-])[O-].O=[Si]([O-])[O-].O=[Si]([O-])[O-].[Al+3].[Al+3].[Al+3].[Al+3].[Al+3].[O-]B([O-])[O-].[O-]B([O-])[O-].[O-]B([O-])[O-].